The van der Waals surface area contributed by atoms with Crippen molar-refractivity contribution < 1.29 is 39.6 Å². The van der Waals surface area contributed by atoms with Crippen molar-refractivity contribution in [1.29, 1.82) is 0 Å². The minimum absolute atomic E-state index is 0. The molecule has 0 aromatic carbocycles. The summed E-state index contributed by atoms with van der Waals surface area (Å²) in [6.45, 7) is 0. The first-order chi connectivity index (χ1) is 7.73. The summed E-state index contributed by atoms with van der Waals surface area (Å²) in [4.78, 5) is 44.3. The molecule has 4 N–H and O–H groups in total. The van der Waals surface area contributed by atoms with Gasteiger partial charge in [0.05, 0.1) is 0 Å². The number of carbonyl (C=O) groups is 4. The predicted octanol–water partition coefficient (Wildman–Crippen LogP) is -1.17. The van der Waals surface area contributed by atoms with Gasteiger partial charge >= 0.3 is 75.3 Å². The van der Waals surface area contributed by atoms with Crippen molar-refractivity contribution in [2.45, 2.75) is 19.3 Å². The molecule has 96 valence electrons. The van der Waals surface area contributed by atoms with Crippen LogP contribution >= 0.6 is 0 Å². The Hall–Kier alpha value is -0.484. The van der Waals surface area contributed by atoms with E-state index in [1.54, 1.807) is 0 Å². The molecule has 0 saturated heterocycles. The third kappa shape index (κ3) is 1.99. The fourth-order valence-corrected chi connectivity index (χ4v) is 2.39. The van der Waals surface area contributed by atoms with E-state index in [2.05, 4.69) is 0 Å². The average Bonchev–Trinajstić information content (AvgIpc) is 2.58. The van der Waals surface area contributed by atoms with Crippen LogP contribution in [0, 0.1) is 10.8 Å². The maximum absolute atomic E-state index is 11.1. The molecule has 0 radical (unpaired) electrons. The van der Waals surface area contributed by atoms with Gasteiger partial charge in [0.1, 0.15) is 0 Å². The Morgan fingerprint density at radius 1 is 0.667 bits per heavy atom. The topological polar surface area (TPSA) is 149 Å². The molecular formula is C9H11KO8. The second-order valence-corrected chi connectivity index (χ2v) is 3.88. The Bertz CT molecular complexity index is 349. The van der Waals surface area contributed by atoms with Crippen molar-refractivity contribution in [2.75, 3.05) is 0 Å². The van der Waals surface area contributed by atoms with E-state index in [9.17, 15) is 19.2 Å². The summed E-state index contributed by atoms with van der Waals surface area (Å²) in [6.07, 6.45) is -1.12. The van der Waals surface area contributed by atoms with Crippen LogP contribution in [0.25, 0.3) is 0 Å². The maximum atomic E-state index is 11.1. The van der Waals surface area contributed by atoms with Gasteiger partial charge in [-0.05, 0) is 19.3 Å². The van der Waals surface area contributed by atoms with E-state index >= 15 is 0 Å². The standard InChI is InChI=1S/C9H10O8.K.H/c10-4(11)8(5(12)13)2-1-3-9(8,6(14)15)7(16)17;;/h1-3H2,(H,10,11)(H,12,13)(H,14,15)(H,16,17);;. The van der Waals surface area contributed by atoms with Gasteiger partial charge in [-0.1, -0.05) is 0 Å². The fraction of sp³-hybridized carbons (Fsp3) is 0.556. The summed E-state index contributed by atoms with van der Waals surface area (Å²) in [6, 6.07) is 0. The molecule has 0 aromatic heterocycles. The van der Waals surface area contributed by atoms with Crippen LogP contribution in [-0.2, 0) is 19.2 Å². The number of rotatable bonds is 4. The van der Waals surface area contributed by atoms with E-state index in [-0.39, 0.29) is 57.8 Å². The molecule has 0 aliphatic heterocycles. The van der Waals surface area contributed by atoms with Crippen LogP contribution < -0.4 is 0 Å². The van der Waals surface area contributed by atoms with Gasteiger partial charge in [-0.3, -0.25) is 19.2 Å². The van der Waals surface area contributed by atoms with Gasteiger partial charge in [-0.2, -0.15) is 0 Å². The fourth-order valence-electron chi connectivity index (χ4n) is 2.39. The third-order valence-corrected chi connectivity index (χ3v) is 3.29. The van der Waals surface area contributed by atoms with E-state index in [0.29, 0.717) is 0 Å². The summed E-state index contributed by atoms with van der Waals surface area (Å²) in [5.74, 6) is -7.75. The van der Waals surface area contributed by atoms with Crippen molar-refractivity contribution in [2.24, 2.45) is 10.8 Å². The number of hydrogen-bond acceptors (Lipinski definition) is 4. The van der Waals surface area contributed by atoms with Gasteiger partial charge in [-0.25, -0.2) is 0 Å². The molecule has 18 heavy (non-hydrogen) atoms. The molecule has 1 fully saturated rings. The zero-order chi connectivity index (χ0) is 13.4. The Kier molecular flexibility index (Phi) is 5.50. The van der Waals surface area contributed by atoms with Crippen LogP contribution in [0.2, 0.25) is 0 Å². The molecule has 1 rings (SSSR count). The summed E-state index contributed by atoms with van der Waals surface area (Å²) >= 11 is 0. The molecule has 0 heterocycles. The number of hydrogen-bond donors (Lipinski definition) is 4. The van der Waals surface area contributed by atoms with E-state index < -0.39 is 47.5 Å². The van der Waals surface area contributed by atoms with Crippen LogP contribution in [0.3, 0.4) is 0 Å². The Morgan fingerprint density at radius 3 is 1.06 bits per heavy atom. The van der Waals surface area contributed by atoms with E-state index in [1.807, 2.05) is 0 Å². The van der Waals surface area contributed by atoms with Crippen molar-refractivity contribution in [3.05, 3.63) is 0 Å². The third-order valence-electron chi connectivity index (χ3n) is 3.29. The van der Waals surface area contributed by atoms with Crippen LogP contribution in [0.4, 0.5) is 0 Å². The Balaban J connectivity index is 0.00000289. The second kappa shape index (κ2) is 5.66. The van der Waals surface area contributed by atoms with Crippen LogP contribution in [0.15, 0.2) is 0 Å². The van der Waals surface area contributed by atoms with Crippen molar-refractivity contribution in [3.63, 3.8) is 0 Å². The first-order valence-electron chi connectivity index (χ1n) is 4.67. The Labute approximate surface area is 143 Å². The van der Waals surface area contributed by atoms with Crippen molar-refractivity contribution in [3.8, 4) is 0 Å². The molecule has 8 nitrogen and oxygen atoms in total. The molecule has 1 aliphatic rings. The molecule has 0 spiro atoms. The number of carboxylic acid groups (broad SMARTS) is 4. The SMILES string of the molecule is O=C(O)C1(C(=O)O)CCCC1(C(=O)O)C(=O)O.[KH]. The van der Waals surface area contributed by atoms with Crippen LogP contribution in [0.1, 0.15) is 19.3 Å². The van der Waals surface area contributed by atoms with Gasteiger partial charge in [0.25, 0.3) is 0 Å². The number of carboxylic acids is 4. The molecule has 1 saturated carbocycles. The Morgan fingerprint density at radius 2 is 0.889 bits per heavy atom. The molecule has 0 amide bonds. The van der Waals surface area contributed by atoms with Crippen molar-refractivity contribution >= 4 is 75.3 Å². The first kappa shape index (κ1) is 17.5. The molecule has 9 heteroatoms. The quantitative estimate of drug-likeness (QED) is 0.373. The van der Waals surface area contributed by atoms with E-state index in [4.69, 9.17) is 20.4 Å². The molecule has 0 bridgehead atoms. The van der Waals surface area contributed by atoms with Crippen LogP contribution in [0.5, 0.6) is 0 Å². The van der Waals surface area contributed by atoms with Gasteiger partial charge in [0, 0.05) is 0 Å². The molecule has 0 aromatic rings. The molecular weight excluding hydrogens is 275 g/mol. The van der Waals surface area contributed by atoms with Gasteiger partial charge in [-0.15, -0.1) is 0 Å². The van der Waals surface area contributed by atoms with Gasteiger partial charge in [0.15, 0.2) is 10.8 Å². The summed E-state index contributed by atoms with van der Waals surface area (Å²) < 4.78 is 0. The van der Waals surface area contributed by atoms with Gasteiger partial charge in [0.2, 0.25) is 0 Å². The summed E-state index contributed by atoms with van der Waals surface area (Å²) in [5, 5.41) is 35.8. The van der Waals surface area contributed by atoms with Crippen LogP contribution in [-0.4, -0.2) is 95.7 Å². The first-order valence-corrected chi connectivity index (χ1v) is 4.67. The molecule has 1 aliphatic carbocycles. The normalized spacial score (nSPS) is 19.6. The molecule has 0 atom stereocenters. The van der Waals surface area contributed by atoms with Gasteiger partial charge < -0.3 is 20.4 Å². The van der Waals surface area contributed by atoms with Crippen molar-refractivity contribution in [1.82, 2.24) is 0 Å². The predicted molar refractivity (Wildman–Crippen MR) is 56.4 cm³/mol. The average molecular weight is 286 g/mol. The number of aliphatic carboxylic acids is 4. The minimum atomic E-state index is -2.81. The van der Waals surface area contributed by atoms with E-state index in [0.717, 1.165) is 0 Å². The summed E-state index contributed by atoms with van der Waals surface area (Å²) in [7, 11) is 0. The summed E-state index contributed by atoms with van der Waals surface area (Å²) in [5.41, 5.74) is -5.63. The van der Waals surface area contributed by atoms with E-state index in [1.165, 1.54) is 0 Å². The molecule has 0 unspecified atom stereocenters. The monoisotopic (exact) mass is 286 g/mol. The zero-order valence-electron chi connectivity index (χ0n) is 8.54. The zero-order valence-corrected chi connectivity index (χ0v) is 8.54. The second-order valence-electron chi connectivity index (χ2n) is 3.88.